The summed E-state index contributed by atoms with van der Waals surface area (Å²) in [6.07, 6.45) is 3.16. The predicted molar refractivity (Wildman–Crippen MR) is 98.3 cm³/mol. The van der Waals surface area contributed by atoms with Gasteiger partial charge in [-0.2, -0.15) is 0 Å². The normalized spacial score (nSPS) is 11.8. The molecular weight excluding hydrogens is 338 g/mol. The maximum atomic E-state index is 12.2. The minimum atomic E-state index is -3.49. The van der Waals surface area contributed by atoms with E-state index in [4.69, 9.17) is 4.74 Å². The number of carbonyl (C=O) groups excluding carboxylic acids is 1. The molecule has 2 aromatic rings. The van der Waals surface area contributed by atoms with Gasteiger partial charge in [-0.05, 0) is 55.0 Å². The summed E-state index contributed by atoms with van der Waals surface area (Å²) in [5, 5.41) is 0. The number of ketones is 1. The highest BCUT2D eigenvalue weighted by Gasteiger charge is 2.17. The van der Waals surface area contributed by atoms with Crippen molar-refractivity contribution in [2.75, 3.05) is 20.7 Å². The Morgan fingerprint density at radius 1 is 1.12 bits per heavy atom. The first kappa shape index (κ1) is 18.9. The molecule has 0 unspecified atom stereocenters. The molecule has 0 heterocycles. The van der Waals surface area contributed by atoms with Gasteiger partial charge in [0.1, 0.15) is 5.75 Å². The summed E-state index contributed by atoms with van der Waals surface area (Å²) in [4.78, 5) is 12.4. The number of carbonyl (C=O) groups is 1. The lowest BCUT2D eigenvalue weighted by Crippen LogP contribution is -2.22. The monoisotopic (exact) mass is 359 g/mol. The fraction of sp³-hybridized carbons (Fsp3) is 0.211. The van der Waals surface area contributed by atoms with Crippen LogP contribution in [-0.2, 0) is 10.0 Å². The van der Waals surface area contributed by atoms with Crippen molar-refractivity contribution in [2.45, 2.75) is 11.8 Å². The van der Waals surface area contributed by atoms with E-state index in [9.17, 15) is 13.2 Å². The summed E-state index contributed by atoms with van der Waals surface area (Å²) in [6, 6.07) is 13.3. The zero-order chi connectivity index (χ0) is 18.4. The van der Waals surface area contributed by atoms with E-state index in [-0.39, 0.29) is 10.7 Å². The van der Waals surface area contributed by atoms with Crippen molar-refractivity contribution >= 4 is 21.9 Å². The molecular formula is C19H21NO4S. The Kier molecular flexibility index (Phi) is 6.12. The molecule has 2 aromatic carbocycles. The lowest BCUT2D eigenvalue weighted by atomic mass is 10.1. The van der Waals surface area contributed by atoms with Gasteiger partial charge in [0.2, 0.25) is 10.0 Å². The number of benzene rings is 2. The van der Waals surface area contributed by atoms with Crippen LogP contribution in [0, 0.1) is 0 Å². The molecule has 0 aliphatic heterocycles. The fourth-order valence-corrected chi connectivity index (χ4v) is 3.05. The standard InChI is InChI=1S/C19H21NO4S/c1-4-24-17-7-5-6-15(14-17)8-13-19(21)16-9-11-18(12-10-16)25(22,23)20(2)3/h5-14H,4H2,1-3H3. The molecule has 0 radical (unpaired) electrons. The van der Waals surface area contributed by atoms with Crippen molar-refractivity contribution in [3.8, 4) is 5.75 Å². The van der Waals surface area contributed by atoms with Crippen LogP contribution in [0.15, 0.2) is 59.5 Å². The predicted octanol–water partition coefficient (Wildman–Crippen LogP) is 3.23. The van der Waals surface area contributed by atoms with Gasteiger partial charge in [0.05, 0.1) is 11.5 Å². The van der Waals surface area contributed by atoms with Crippen LogP contribution in [0.25, 0.3) is 6.08 Å². The summed E-state index contributed by atoms with van der Waals surface area (Å²) in [7, 11) is -0.563. The van der Waals surface area contributed by atoms with Crippen LogP contribution in [0.2, 0.25) is 0 Å². The minimum absolute atomic E-state index is 0.155. The van der Waals surface area contributed by atoms with Crippen LogP contribution in [-0.4, -0.2) is 39.2 Å². The second-order valence-electron chi connectivity index (χ2n) is 5.51. The second-order valence-corrected chi connectivity index (χ2v) is 7.67. The van der Waals surface area contributed by atoms with Crippen LogP contribution in [0.3, 0.4) is 0 Å². The van der Waals surface area contributed by atoms with Crippen molar-refractivity contribution in [2.24, 2.45) is 0 Å². The number of hydrogen-bond donors (Lipinski definition) is 0. The van der Waals surface area contributed by atoms with Gasteiger partial charge in [0.25, 0.3) is 0 Å². The Bertz CT molecular complexity index is 869. The van der Waals surface area contributed by atoms with E-state index in [0.717, 1.165) is 15.6 Å². The van der Waals surface area contributed by atoms with Crippen molar-refractivity contribution in [1.82, 2.24) is 4.31 Å². The molecule has 0 N–H and O–H groups in total. The Labute approximate surface area is 148 Å². The van der Waals surface area contributed by atoms with E-state index in [1.54, 1.807) is 6.08 Å². The van der Waals surface area contributed by atoms with Crippen molar-refractivity contribution in [1.29, 1.82) is 0 Å². The number of rotatable bonds is 7. The molecule has 6 heteroatoms. The first-order valence-electron chi connectivity index (χ1n) is 7.82. The number of nitrogens with zero attached hydrogens (tertiary/aromatic N) is 1. The Morgan fingerprint density at radius 3 is 2.40 bits per heavy atom. The smallest absolute Gasteiger partial charge is 0.242 e. The molecule has 0 aliphatic carbocycles. The average Bonchev–Trinajstić information content (AvgIpc) is 2.60. The van der Waals surface area contributed by atoms with Crippen LogP contribution < -0.4 is 4.74 Å². The number of allylic oxidation sites excluding steroid dienone is 1. The van der Waals surface area contributed by atoms with Crippen LogP contribution in [0.1, 0.15) is 22.8 Å². The molecule has 0 saturated heterocycles. The van der Waals surface area contributed by atoms with Gasteiger partial charge in [0, 0.05) is 19.7 Å². The van der Waals surface area contributed by atoms with E-state index in [0.29, 0.717) is 12.2 Å². The number of ether oxygens (including phenoxy) is 1. The molecule has 0 aromatic heterocycles. The number of hydrogen-bond acceptors (Lipinski definition) is 4. The zero-order valence-corrected chi connectivity index (χ0v) is 15.3. The highest BCUT2D eigenvalue weighted by atomic mass is 32.2. The second kappa shape index (κ2) is 8.09. The first-order valence-corrected chi connectivity index (χ1v) is 9.26. The fourth-order valence-electron chi connectivity index (χ4n) is 2.14. The van der Waals surface area contributed by atoms with Crippen LogP contribution >= 0.6 is 0 Å². The molecule has 0 bridgehead atoms. The van der Waals surface area contributed by atoms with Gasteiger partial charge < -0.3 is 4.74 Å². The highest BCUT2D eigenvalue weighted by molar-refractivity contribution is 7.89. The lowest BCUT2D eigenvalue weighted by molar-refractivity contribution is 0.104. The SMILES string of the molecule is CCOc1cccc(C=CC(=O)c2ccc(S(=O)(=O)N(C)C)cc2)c1. The van der Waals surface area contributed by atoms with Crippen LogP contribution in [0.5, 0.6) is 5.75 Å². The topological polar surface area (TPSA) is 63.7 Å². The first-order chi connectivity index (χ1) is 11.8. The summed E-state index contributed by atoms with van der Waals surface area (Å²) >= 11 is 0. The molecule has 132 valence electrons. The highest BCUT2D eigenvalue weighted by Crippen LogP contribution is 2.16. The molecule has 0 spiro atoms. The summed E-state index contributed by atoms with van der Waals surface area (Å²) in [5.41, 5.74) is 1.28. The molecule has 0 atom stereocenters. The van der Waals surface area contributed by atoms with Crippen LogP contribution in [0.4, 0.5) is 0 Å². The Morgan fingerprint density at radius 2 is 1.80 bits per heavy atom. The minimum Gasteiger partial charge on any atom is -0.494 e. The average molecular weight is 359 g/mol. The van der Waals surface area contributed by atoms with E-state index in [1.165, 1.54) is 44.4 Å². The Balaban J connectivity index is 2.15. The molecule has 25 heavy (non-hydrogen) atoms. The van der Waals surface area contributed by atoms with Crippen molar-refractivity contribution in [3.63, 3.8) is 0 Å². The summed E-state index contributed by atoms with van der Waals surface area (Å²) in [5.74, 6) is 0.547. The molecule has 0 amide bonds. The van der Waals surface area contributed by atoms with Crippen molar-refractivity contribution < 1.29 is 17.9 Å². The zero-order valence-electron chi connectivity index (χ0n) is 14.5. The molecule has 5 nitrogen and oxygen atoms in total. The van der Waals surface area contributed by atoms with E-state index < -0.39 is 10.0 Å². The molecule has 0 aliphatic rings. The van der Waals surface area contributed by atoms with Gasteiger partial charge in [-0.15, -0.1) is 0 Å². The third-order valence-corrected chi connectivity index (χ3v) is 5.34. The van der Waals surface area contributed by atoms with E-state index in [2.05, 4.69) is 0 Å². The Hall–Kier alpha value is -2.44. The third kappa shape index (κ3) is 4.78. The number of sulfonamides is 1. The van der Waals surface area contributed by atoms with E-state index >= 15 is 0 Å². The van der Waals surface area contributed by atoms with Gasteiger partial charge in [-0.25, -0.2) is 12.7 Å². The molecule has 0 fully saturated rings. The summed E-state index contributed by atoms with van der Waals surface area (Å²) < 4.78 is 30.6. The maximum Gasteiger partial charge on any atom is 0.242 e. The van der Waals surface area contributed by atoms with Gasteiger partial charge in [-0.3, -0.25) is 4.79 Å². The van der Waals surface area contributed by atoms with Gasteiger partial charge >= 0.3 is 0 Å². The third-order valence-electron chi connectivity index (χ3n) is 3.51. The van der Waals surface area contributed by atoms with Gasteiger partial charge in [-0.1, -0.05) is 18.2 Å². The largest absolute Gasteiger partial charge is 0.494 e. The molecule has 2 rings (SSSR count). The maximum absolute atomic E-state index is 12.2. The van der Waals surface area contributed by atoms with Crippen molar-refractivity contribution in [3.05, 3.63) is 65.7 Å². The van der Waals surface area contributed by atoms with Gasteiger partial charge in [0.15, 0.2) is 5.78 Å². The van der Waals surface area contributed by atoms with E-state index in [1.807, 2.05) is 31.2 Å². The molecule has 0 saturated carbocycles. The quantitative estimate of drug-likeness (QED) is 0.562. The summed E-state index contributed by atoms with van der Waals surface area (Å²) in [6.45, 7) is 2.49. The lowest BCUT2D eigenvalue weighted by Gasteiger charge is -2.11.